The van der Waals surface area contributed by atoms with Gasteiger partial charge in [0.1, 0.15) is 11.4 Å². The Balaban J connectivity index is 1.75. The summed E-state index contributed by atoms with van der Waals surface area (Å²) in [6.07, 6.45) is 1.05. The van der Waals surface area contributed by atoms with Gasteiger partial charge in [-0.25, -0.2) is 9.97 Å². The summed E-state index contributed by atoms with van der Waals surface area (Å²) in [5.41, 5.74) is 2.93. The normalized spacial score (nSPS) is 11.6. The first-order valence-electron chi connectivity index (χ1n) is 9.27. The Bertz CT molecular complexity index is 1050. The molecule has 0 fully saturated rings. The number of nitrogens with one attached hydrogen (secondary N) is 1. The molecule has 4 rings (SSSR count). The van der Waals surface area contributed by atoms with E-state index < -0.39 is 0 Å². The van der Waals surface area contributed by atoms with Gasteiger partial charge in [-0.2, -0.15) is 0 Å². The van der Waals surface area contributed by atoms with Crippen LogP contribution >= 0.6 is 0 Å². The van der Waals surface area contributed by atoms with Crippen LogP contribution in [-0.2, 0) is 0 Å². The van der Waals surface area contributed by atoms with Gasteiger partial charge in [0.25, 0.3) is 0 Å². The number of nitrogens with zero attached hydrogens (tertiary/aromatic N) is 3. The van der Waals surface area contributed by atoms with E-state index in [1.807, 2.05) is 36.4 Å². The van der Waals surface area contributed by atoms with Crippen molar-refractivity contribution in [2.24, 2.45) is 0 Å². The molecule has 0 spiro atoms. The number of para-hydroxylation sites is 2. The molecule has 2 aromatic carbocycles. The Morgan fingerprint density at radius 2 is 1.89 bits per heavy atom. The van der Waals surface area contributed by atoms with Crippen molar-refractivity contribution in [2.75, 3.05) is 32.5 Å². The van der Waals surface area contributed by atoms with Crippen LogP contribution in [0.15, 0.2) is 52.9 Å². The van der Waals surface area contributed by atoms with Crippen molar-refractivity contribution in [1.82, 2.24) is 14.9 Å². The van der Waals surface area contributed by atoms with Gasteiger partial charge in [0.2, 0.25) is 0 Å². The van der Waals surface area contributed by atoms with Gasteiger partial charge >= 0.3 is 0 Å². The monoisotopic (exact) mass is 360 g/mol. The minimum Gasteiger partial charge on any atom is -0.453 e. The molecule has 0 atom stereocenters. The molecule has 1 N–H and O–H groups in total. The summed E-state index contributed by atoms with van der Waals surface area (Å²) in [5.74, 6) is 2.17. The molecule has 27 heavy (non-hydrogen) atoms. The lowest BCUT2D eigenvalue weighted by atomic mass is 10.1. The summed E-state index contributed by atoms with van der Waals surface area (Å²) >= 11 is 0. The number of benzene rings is 2. The maximum absolute atomic E-state index is 6.00. The van der Waals surface area contributed by atoms with Gasteiger partial charge < -0.3 is 14.6 Å². The Labute approximate surface area is 159 Å². The minimum atomic E-state index is 0.614. The van der Waals surface area contributed by atoms with E-state index >= 15 is 0 Å². The predicted molar refractivity (Wildman–Crippen MR) is 111 cm³/mol. The van der Waals surface area contributed by atoms with Crippen molar-refractivity contribution in [3.8, 4) is 11.6 Å². The lowest BCUT2D eigenvalue weighted by Crippen LogP contribution is -2.17. The van der Waals surface area contributed by atoms with Crippen LogP contribution in [0.2, 0.25) is 0 Å². The number of aryl methyl sites for hydroxylation is 1. The first-order chi connectivity index (χ1) is 13.1. The van der Waals surface area contributed by atoms with Crippen LogP contribution in [0.3, 0.4) is 0 Å². The first kappa shape index (κ1) is 17.5. The van der Waals surface area contributed by atoms with Crippen molar-refractivity contribution < 1.29 is 4.42 Å². The fraction of sp³-hybridized carbons (Fsp3) is 0.273. The van der Waals surface area contributed by atoms with E-state index in [2.05, 4.69) is 43.4 Å². The van der Waals surface area contributed by atoms with Gasteiger partial charge in [0.15, 0.2) is 11.6 Å². The van der Waals surface area contributed by atoms with Crippen molar-refractivity contribution in [2.45, 2.75) is 13.3 Å². The van der Waals surface area contributed by atoms with E-state index in [0.717, 1.165) is 52.8 Å². The van der Waals surface area contributed by atoms with Crippen molar-refractivity contribution in [3.05, 3.63) is 54.1 Å². The summed E-state index contributed by atoms with van der Waals surface area (Å²) in [6.45, 7) is 3.97. The number of hydrogen-bond donors (Lipinski definition) is 1. The molecular weight excluding hydrogens is 336 g/mol. The molecule has 0 radical (unpaired) electrons. The van der Waals surface area contributed by atoms with Crippen LogP contribution in [-0.4, -0.2) is 42.1 Å². The molecule has 0 unspecified atom stereocenters. The highest BCUT2D eigenvalue weighted by Crippen LogP contribution is 2.30. The number of rotatable bonds is 6. The third kappa shape index (κ3) is 3.64. The molecule has 5 nitrogen and oxygen atoms in total. The summed E-state index contributed by atoms with van der Waals surface area (Å²) < 4.78 is 6.00. The number of furan rings is 1. The second-order valence-electron chi connectivity index (χ2n) is 7.10. The van der Waals surface area contributed by atoms with Gasteiger partial charge in [-0.15, -0.1) is 0 Å². The molecule has 0 aliphatic rings. The Morgan fingerprint density at radius 1 is 1.04 bits per heavy atom. The molecule has 0 amide bonds. The number of fused-ring (bicyclic) bond motifs is 2. The van der Waals surface area contributed by atoms with Gasteiger partial charge in [-0.05, 0) is 57.7 Å². The van der Waals surface area contributed by atoms with Crippen LogP contribution in [0, 0.1) is 6.92 Å². The highest BCUT2D eigenvalue weighted by Gasteiger charge is 2.14. The lowest BCUT2D eigenvalue weighted by molar-refractivity contribution is 0.405. The molecule has 0 saturated heterocycles. The van der Waals surface area contributed by atoms with Gasteiger partial charge in [-0.3, -0.25) is 0 Å². The van der Waals surface area contributed by atoms with E-state index in [9.17, 15) is 0 Å². The first-order valence-corrected chi connectivity index (χ1v) is 9.27. The number of anilines is 1. The van der Waals surface area contributed by atoms with Crippen molar-refractivity contribution in [3.63, 3.8) is 0 Å². The topological polar surface area (TPSA) is 54.2 Å². The summed E-state index contributed by atoms with van der Waals surface area (Å²) in [4.78, 5) is 11.8. The van der Waals surface area contributed by atoms with Crippen LogP contribution < -0.4 is 5.32 Å². The van der Waals surface area contributed by atoms with E-state index in [1.165, 1.54) is 0 Å². The second-order valence-corrected chi connectivity index (χ2v) is 7.10. The molecule has 0 aliphatic heterocycles. The zero-order chi connectivity index (χ0) is 18.8. The maximum atomic E-state index is 6.00. The third-order valence-corrected chi connectivity index (χ3v) is 4.65. The molecule has 0 saturated carbocycles. The molecule has 0 bridgehead atoms. The van der Waals surface area contributed by atoms with Crippen molar-refractivity contribution in [1.29, 1.82) is 0 Å². The average molecular weight is 360 g/mol. The second kappa shape index (κ2) is 7.37. The summed E-state index contributed by atoms with van der Waals surface area (Å²) in [6, 6.07) is 16.2. The van der Waals surface area contributed by atoms with E-state index in [-0.39, 0.29) is 0 Å². The van der Waals surface area contributed by atoms with Crippen LogP contribution in [0.5, 0.6) is 0 Å². The van der Waals surface area contributed by atoms with Crippen LogP contribution in [0.25, 0.3) is 33.5 Å². The number of hydrogen-bond acceptors (Lipinski definition) is 5. The van der Waals surface area contributed by atoms with Crippen LogP contribution in [0.4, 0.5) is 5.82 Å². The van der Waals surface area contributed by atoms with Gasteiger partial charge in [-0.1, -0.05) is 30.3 Å². The largest absolute Gasteiger partial charge is 0.453 e. The zero-order valence-corrected chi connectivity index (χ0v) is 16.0. The van der Waals surface area contributed by atoms with Crippen molar-refractivity contribution >= 4 is 27.7 Å². The highest BCUT2D eigenvalue weighted by molar-refractivity contribution is 5.93. The summed E-state index contributed by atoms with van der Waals surface area (Å²) in [5, 5.41) is 5.59. The Hall–Kier alpha value is -2.92. The molecular formula is C22H24N4O. The smallest absolute Gasteiger partial charge is 0.198 e. The molecule has 5 heteroatoms. The fourth-order valence-corrected chi connectivity index (χ4v) is 3.23. The predicted octanol–water partition coefficient (Wildman–Crippen LogP) is 4.72. The fourth-order valence-electron chi connectivity index (χ4n) is 3.23. The molecule has 4 aromatic rings. The zero-order valence-electron chi connectivity index (χ0n) is 16.0. The van der Waals surface area contributed by atoms with Crippen LogP contribution in [0.1, 0.15) is 12.0 Å². The SMILES string of the molecule is Cc1cccc2c(NCCCN(C)C)nc(-c3cc4ccccc4o3)nc12. The van der Waals surface area contributed by atoms with Gasteiger partial charge in [0.05, 0.1) is 5.52 Å². The number of aromatic nitrogens is 2. The minimum absolute atomic E-state index is 0.614. The molecule has 2 heterocycles. The molecule has 0 aliphatic carbocycles. The quantitative estimate of drug-likeness (QED) is 0.505. The van der Waals surface area contributed by atoms with E-state index in [0.29, 0.717) is 11.6 Å². The Kier molecular flexibility index (Phi) is 4.77. The lowest BCUT2D eigenvalue weighted by Gasteiger charge is -2.13. The highest BCUT2D eigenvalue weighted by atomic mass is 16.3. The summed E-state index contributed by atoms with van der Waals surface area (Å²) in [7, 11) is 4.17. The third-order valence-electron chi connectivity index (χ3n) is 4.65. The average Bonchev–Trinajstić information content (AvgIpc) is 3.09. The molecule has 2 aromatic heterocycles. The van der Waals surface area contributed by atoms with Gasteiger partial charge in [0, 0.05) is 17.3 Å². The molecule has 138 valence electrons. The van der Waals surface area contributed by atoms with E-state index in [1.54, 1.807) is 0 Å². The maximum Gasteiger partial charge on any atom is 0.198 e. The Morgan fingerprint density at radius 3 is 2.70 bits per heavy atom. The standard InChI is InChI=1S/C22H24N4O/c1-15-8-6-10-17-20(15)24-22(25-21(17)23-12-7-13-26(2)3)19-14-16-9-4-5-11-18(16)27-19/h4-6,8-11,14H,7,12-13H2,1-3H3,(H,23,24,25). The van der Waals surface area contributed by atoms with E-state index in [4.69, 9.17) is 14.4 Å².